The summed E-state index contributed by atoms with van der Waals surface area (Å²) < 4.78 is 7.30. The Hall–Kier alpha value is -4.01. The molecule has 0 aliphatic heterocycles. The molecule has 170 valence electrons. The van der Waals surface area contributed by atoms with Crippen LogP contribution < -0.4 is 4.74 Å². The van der Waals surface area contributed by atoms with Crippen LogP contribution in [0.15, 0.2) is 48.5 Å². The van der Waals surface area contributed by atoms with Gasteiger partial charge in [-0.05, 0) is 28.3 Å². The van der Waals surface area contributed by atoms with Gasteiger partial charge in [-0.25, -0.2) is 9.48 Å². The van der Waals surface area contributed by atoms with E-state index in [4.69, 9.17) is 4.74 Å². The Morgan fingerprint density at radius 1 is 1.09 bits per heavy atom. The van der Waals surface area contributed by atoms with E-state index in [0.29, 0.717) is 18.1 Å². The van der Waals surface area contributed by atoms with Crippen LogP contribution in [0.1, 0.15) is 30.2 Å². The predicted octanol–water partition coefficient (Wildman–Crippen LogP) is 3.87. The highest BCUT2D eigenvalue weighted by molar-refractivity contribution is 5.80. The zero-order valence-electron chi connectivity index (χ0n) is 19.2. The summed E-state index contributed by atoms with van der Waals surface area (Å²) >= 11 is 0. The SMILES string of the molecule is CCCc1nn(C)c(OC(=O)N(C)C)c1Cc1ccc(-c2ccccc2-c2nn[nH]n2)cc1. The average Bonchev–Trinajstić information content (AvgIpc) is 3.44. The maximum absolute atomic E-state index is 12.2. The van der Waals surface area contributed by atoms with E-state index in [1.54, 1.807) is 25.8 Å². The molecule has 0 radical (unpaired) electrons. The van der Waals surface area contributed by atoms with E-state index in [0.717, 1.165) is 46.4 Å². The number of aromatic amines is 1. The Labute approximate surface area is 192 Å². The third kappa shape index (κ3) is 4.77. The van der Waals surface area contributed by atoms with Crippen molar-refractivity contribution in [2.75, 3.05) is 14.1 Å². The van der Waals surface area contributed by atoms with E-state index < -0.39 is 6.09 Å². The van der Waals surface area contributed by atoms with Crippen LogP contribution in [0.2, 0.25) is 0 Å². The van der Waals surface area contributed by atoms with Crippen molar-refractivity contribution in [3.8, 4) is 28.4 Å². The van der Waals surface area contributed by atoms with E-state index in [2.05, 4.69) is 56.9 Å². The van der Waals surface area contributed by atoms with E-state index in [1.165, 1.54) is 4.90 Å². The van der Waals surface area contributed by atoms with Gasteiger partial charge >= 0.3 is 6.09 Å². The summed E-state index contributed by atoms with van der Waals surface area (Å²) in [5, 5.41) is 19.0. The Morgan fingerprint density at radius 2 is 1.82 bits per heavy atom. The fraction of sp³-hybridized carbons (Fsp3) is 0.292. The van der Waals surface area contributed by atoms with Gasteiger partial charge in [0.25, 0.3) is 0 Å². The summed E-state index contributed by atoms with van der Waals surface area (Å²) in [4.78, 5) is 13.6. The van der Waals surface area contributed by atoms with Crippen LogP contribution in [0.5, 0.6) is 5.88 Å². The summed E-state index contributed by atoms with van der Waals surface area (Å²) in [6.07, 6.45) is 1.97. The first-order chi connectivity index (χ1) is 16.0. The van der Waals surface area contributed by atoms with E-state index in [9.17, 15) is 4.79 Å². The van der Waals surface area contributed by atoms with E-state index in [-0.39, 0.29) is 0 Å². The molecular weight excluding hydrogens is 418 g/mol. The van der Waals surface area contributed by atoms with Crippen molar-refractivity contribution in [2.24, 2.45) is 7.05 Å². The van der Waals surface area contributed by atoms with Crippen LogP contribution in [0.3, 0.4) is 0 Å². The summed E-state index contributed by atoms with van der Waals surface area (Å²) in [6.45, 7) is 2.11. The third-order valence-corrected chi connectivity index (χ3v) is 5.37. The lowest BCUT2D eigenvalue weighted by Crippen LogP contribution is -2.26. The Kier molecular flexibility index (Phi) is 6.48. The van der Waals surface area contributed by atoms with Gasteiger partial charge in [-0.15, -0.1) is 10.2 Å². The van der Waals surface area contributed by atoms with Crippen molar-refractivity contribution in [1.82, 2.24) is 35.3 Å². The number of aryl methyl sites for hydroxylation is 2. The lowest BCUT2D eigenvalue weighted by molar-refractivity contribution is 0.167. The molecule has 0 atom stereocenters. The van der Waals surface area contributed by atoms with E-state index >= 15 is 0 Å². The maximum Gasteiger partial charge on any atom is 0.416 e. The van der Waals surface area contributed by atoms with Crippen LogP contribution in [0.25, 0.3) is 22.5 Å². The van der Waals surface area contributed by atoms with Gasteiger partial charge in [0, 0.05) is 38.7 Å². The molecular formula is C24H27N7O2. The minimum absolute atomic E-state index is 0.421. The molecule has 9 nitrogen and oxygen atoms in total. The number of hydrogen-bond donors (Lipinski definition) is 1. The van der Waals surface area contributed by atoms with Crippen LogP contribution in [-0.2, 0) is 19.9 Å². The number of hydrogen-bond acceptors (Lipinski definition) is 6. The first-order valence-electron chi connectivity index (χ1n) is 10.8. The molecule has 0 fully saturated rings. The standard InChI is InChI=1S/C24H27N7O2/c1-5-8-21-20(23(31(4)27-21)33-24(32)30(2)3)15-16-11-13-17(14-12-16)18-9-6-7-10-19(18)22-25-28-29-26-22/h6-7,9-14H,5,8,15H2,1-4H3,(H,25,26,28,29). The molecule has 0 unspecified atom stereocenters. The fourth-order valence-electron chi connectivity index (χ4n) is 3.73. The number of tetrazole rings is 1. The van der Waals surface area contributed by atoms with Gasteiger partial charge in [0.05, 0.1) is 5.69 Å². The zero-order chi connectivity index (χ0) is 23.4. The zero-order valence-corrected chi connectivity index (χ0v) is 19.2. The number of amides is 1. The first kappa shape index (κ1) is 22.2. The molecule has 9 heteroatoms. The fourth-order valence-corrected chi connectivity index (χ4v) is 3.73. The second kappa shape index (κ2) is 9.64. The molecule has 0 saturated carbocycles. The van der Waals surface area contributed by atoms with Gasteiger partial charge in [-0.2, -0.15) is 10.3 Å². The van der Waals surface area contributed by atoms with Crippen LogP contribution >= 0.6 is 0 Å². The lowest BCUT2D eigenvalue weighted by atomic mass is 9.96. The molecule has 1 amide bonds. The number of rotatable bonds is 7. The highest BCUT2D eigenvalue weighted by Gasteiger charge is 2.21. The normalized spacial score (nSPS) is 10.9. The number of nitrogens with zero attached hydrogens (tertiary/aromatic N) is 6. The molecule has 1 N–H and O–H groups in total. The van der Waals surface area contributed by atoms with Crippen LogP contribution in [-0.4, -0.2) is 55.5 Å². The molecule has 2 aromatic carbocycles. The van der Waals surface area contributed by atoms with Gasteiger partial charge in [0.15, 0.2) is 0 Å². The monoisotopic (exact) mass is 445 g/mol. The third-order valence-electron chi connectivity index (χ3n) is 5.37. The van der Waals surface area contributed by atoms with Crippen molar-refractivity contribution in [3.63, 3.8) is 0 Å². The molecule has 0 bridgehead atoms. The van der Waals surface area contributed by atoms with Crippen molar-refractivity contribution in [3.05, 3.63) is 65.4 Å². The molecule has 4 aromatic rings. The Bertz CT molecular complexity index is 1230. The minimum Gasteiger partial charge on any atom is -0.391 e. The van der Waals surface area contributed by atoms with Gasteiger partial charge in [-0.1, -0.05) is 61.9 Å². The quantitative estimate of drug-likeness (QED) is 0.463. The summed E-state index contributed by atoms with van der Waals surface area (Å²) in [5.74, 6) is 1.05. The molecule has 0 saturated heterocycles. The van der Waals surface area contributed by atoms with Crippen molar-refractivity contribution in [1.29, 1.82) is 0 Å². The topological polar surface area (TPSA) is 102 Å². The second-order valence-electron chi connectivity index (χ2n) is 8.02. The molecule has 2 heterocycles. The molecule has 0 aliphatic rings. The van der Waals surface area contributed by atoms with E-state index in [1.807, 2.05) is 24.3 Å². The lowest BCUT2D eigenvalue weighted by Gasteiger charge is -2.13. The molecule has 0 spiro atoms. The van der Waals surface area contributed by atoms with Crippen LogP contribution in [0, 0.1) is 0 Å². The van der Waals surface area contributed by atoms with Crippen molar-refractivity contribution < 1.29 is 9.53 Å². The average molecular weight is 446 g/mol. The van der Waals surface area contributed by atoms with Gasteiger partial charge < -0.3 is 9.64 Å². The van der Waals surface area contributed by atoms with Gasteiger partial charge in [-0.3, -0.25) is 0 Å². The number of nitrogens with one attached hydrogen (secondary N) is 1. The predicted molar refractivity (Wildman–Crippen MR) is 125 cm³/mol. The van der Waals surface area contributed by atoms with Gasteiger partial charge in [0.2, 0.25) is 11.7 Å². The number of aromatic nitrogens is 6. The molecule has 4 rings (SSSR count). The number of carbonyl (C=O) groups excluding carboxylic acids is 1. The number of H-pyrrole nitrogens is 1. The highest BCUT2D eigenvalue weighted by Crippen LogP contribution is 2.31. The smallest absolute Gasteiger partial charge is 0.391 e. The molecule has 2 aromatic heterocycles. The largest absolute Gasteiger partial charge is 0.416 e. The number of benzene rings is 2. The molecule has 33 heavy (non-hydrogen) atoms. The van der Waals surface area contributed by atoms with Crippen LogP contribution in [0.4, 0.5) is 4.79 Å². The highest BCUT2D eigenvalue weighted by atomic mass is 16.6. The summed E-state index contributed by atoms with van der Waals surface area (Å²) in [7, 11) is 5.13. The first-order valence-corrected chi connectivity index (χ1v) is 10.8. The van der Waals surface area contributed by atoms with Gasteiger partial charge in [0.1, 0.15) is 0 Å². The Morgan fingerprint density at radius 3 is 2.45 bits per heavy atom. The second-order valence-corrected chi connectivity index (χ2v) is 8.02. The molecule has 0 aliphatic carbocycles. The van der Waals surface area contributed by atoms with Crippen molar-refractivity contribution in [2.45, 2.75) is 26.2 Å². The maximum atomic E-state index is 12.2. The summed E-state index contributed by atoms with van der Waals surface area (Å²) in [6, 6.07) is 16.3. The Balaban J connectivity index is 1.64. The minimum atomic E-state index is -0.421. The van der Waals surface area contributed by atoms with Crippen molar-refractivity contribution >= 4 is 6.09 Å². The number of carbonyl (C=O) groups is 1. The summed E-state index contributed by atoms with van der Waals surface area (Å²) in [5.41, 5.74) is 5.98. The number of ether oxygens (including phenoxy) is 1.